The first-order chi connectivity index (χ1) is 8.69. The summed E-state index contributed by atoms with van der Waals surface area (Å²) in [7, 11) is 0. The van der Waals surface area contributed by atoms with Gasteiger partial charge in [0.2, 0.25) is 0 Å². The van der Waals surface area contributed by atoms with Gasteiger partial charge in [-0.05, 0) is 38.7 Å². The molecule has 2 rings (SSSR count). The molecule has 0 radical (unpaired) electrons. The molecule has 2 heterocycles. The van der Waals surface area contributed by atoms with Crippen LogP contribution in [0, 0.1) is 11.3 Å². The van der Waals surface area contributed by atoms with Crippen LogP contribution >= 0.6 is 0 Å². The topological polar surface area (TPSA) is 58.0 Å². The van der Waals surface area contributed by atoms with Crippen molar-refractivity contribution < 1.29 is 0 Å². The number of nitriles is 1. The Morgan fingerprint density at radius 2 is 2.06 bits per heavy atom. The SMILES string of the molecule is CC[C@H](C)n1c(C#N)cc(N)c1N1CCCCC1. The fourth-order valence-electron chi connectivity index (χ4n) is 2.69. The molecule has 1 aliphatic rings. The van der Waals surface area contributed by atoms with E-state index in [0.29, 0.717) is 11.7 Å². The van der Waals surface area contributed by atoms with Crippen LogP contribution in [0.4, 0.5) is 11.5 Å². The number of anilines is 2. The van der Waals surface area contributed by atoms with Crippen LogP contribution in [-0.4, -0.2) is 17.7 Å². The highest BCUT2D eigenvalue weighted by atomic mass is 15.3. The third kappa shape index (κ3) is 2.17. The molecular weight excluding hydrogens is 224 g/mol. The van der Waals surface area contributed by atoms with Gasteiger partial charge < -0.3 is 15.2 Å². The molecule has 0 amide bonds. The Labute approximate surface area is 109 Å². The second-order valence-electron chi connectivity index (χ2n) is 5.10. The maximum Gasteiger partial charge on any atom is 0.133 e. The Bertz CT molecular complexity index is 449. The van der Waals surface area contributed by atoms with Crippen molar-refractivity contribution in [2.24, 2.45) is 0 Å². The number of hydrogen-bond donors (Lipinski definition) is 1. The lowest BCUT2D eigenvalue weighted by Crippen LogP contribution is -2.32. The molecule has 0 unspecified atom stereocenters. The molecule has 1 aromatic rings. The standard InChI is InChI=1S/C14H22N4/c1-3-11(2)18-12(10-15)9-13(16)14(18)17-7-5-4-6-8-17/h9,11H,3-8,16H2,1-2H3/t11-/m0/s1. The van der Waals surface area contributed by atoms with Crippen molar-refractivity contribution in [3.8, 4) is 6.07 Å². The van der Waals surface area contributed by atoms with Crippen LogP contribution in [0.5, 0.6) is 0 Å². The maximum atomic E-state index is 9.25. The van der Waals surface area contributed by atoms with Crippen LogP contribution in [0.2, 0.25) is 0 Å². The summed E-state index contributed by atoms with van der Waals surface area (Å²) in [6.07, 6.45) is 4.73. The zero-order valence-corrected chi connectivity index (χ0v) is 11.3. The van der Waals surface area contributed by atoms with Gasteiger partial charge in [-0.1, -0.05) is 6.92 Å². The molecule has 0 aliphatic carbocycles. The Hall–Kier alpha value is -1.63. The largest absolute Gasteiger partial charge is 0.396 e. The minimum Gasteiger partial charge on any atom is -0.396 e. The van der Waals surface area contributed by atoms with Crippen molar-refractivity contribution in [3.05, 3.63) is 11.8 Å². The lowest BCUT2D eigenvalue weighted by Gasteiger charge is -2.32. The average molecular weight is 246 g/mol. The van der Waals surface area contributed by atoms with Crippen LogP contribution in [0.1, 0.15) is 51.3 Å². The molecule has 0 spiro atoms. The number of hydrogen-bond acceptors (Lipinski definition) is 3. The summed E-state index contributed by atoms with van der Waals surface area (Å²) >= 11 is 0. The van der Waals surface area contributed by atoms with Gasteiger partial charge in [0.1, 0.15) is 17.6 Å². The summed E-state index contributed by atoms with van der Waals surface area (Å²) in [5.74, 6) is 1.06. The molecule has 1 aliphatic heterocycles. The molecule has 2 N–H and O–H groups in total. The number of nitrogens with zero attached hydrogens (tertiary/aromatic N) is 3. The summed E-state index contributed by atoms with van der Waals surface area (Å²) in [5.41, 5.74) is 7.55. The lowest BCUT2D eigenvalue weighted by atomic mass is 10.1. The molecule has 1 fully saturated rings. The number of nitrogen functional groups attached to an aromatic ring is 1. The van der Waals surface area contributed by atoms with Crippen molar-refractivity contribution in [1.82, 2.24) is 4.57 Å². The lowest BCUT2D eigenvalue weighted by molar-refractivity contribution is 0.505. The summed E-state index contributed by atoms with van der Waals surface area (Å²) in [6, 6.07) is 4.40. The molecule has 98 valence electrons. The second-order valence-corrected chi connectivity index (χ2v) is 5.10. The Morgan fingerprint density at radius 3 is 2.61 bits per heavy atom. The van der Waals surface area contributed by atoms with Gasteiger partial charge in [0, 0.05) is 19.1 Å². The third-order valence-corrected chi connectivity index (χ3v) is 3.84. The molecule has 0 aromatic carbocycles. The van der Waals surface area contributed by atoms with Gasteiger partial charge in [-0.15, -0.1) is 0 Å². The van der Waals surface area contributed by atoms with E-state index >= 15 is 0 Å². The number of piperidine rings is 1. The number of aromatic nitrogens is 1. The zero-order valence-electron chi connectivity index (χ0n) is 11.3. The van der Waals surface area contributed by atoms with Crippen molar-refractivity contribution in [1.29, 1.82) is 5.26 Å². The van der Waals surface area contributed by atoms with Crippen molar-refractivity contribution in [2.45, 2.75) is 45.6 Å². The molecule has 0 bridgehead atoms. The molecule has 0 saturated carbocycles. The molecule has 1 aromatic heterocycles. The molecule has 1 atom stereocenters. The first-order valence-electron chi connectivity index (χ1n) is 6.84. The van der Waals surface area contributed by atoms with E-state index in [1.165, 1.54) is 19.3 Å². The van der Waals surface area contributed by atoms with E-state index in [0.717, 1.165) is 31.0 Å². The van der Waals surface area contributed by atoms with Crippen LogP contribution in [-0.2, 0) is 0 Å². The fraction of sp³-hybridized carbons (Fsp3) is 0.643. The zero-order chi connectivity index (χ0) is 13.1. The van der Waals surface area contributed by atoms with Crippen molar-refractivity contribution in [2.75, 3.05) is 23.7 Å². The molecule has 4 nitrogen and oxygen atoms in total. The van der Waals surface area contributed by atoms with Gasteiger partial charge in [0.25, 0.3) is 0 Å². The van der Waals surface area contributed by atoms with E-state index in [1.54, 1.807) is 0 Å². The molecule has 1 saturated heterocycles. The molecule has 18 heavy (non-hydrogen) atoms. The van der Waals surface area contributed by atoms with Crippen molar-refractivity contribution >= 4 is 11.5 Å². The van der Waals surface area contributed by atoms with E-state index < -0.39 is 0 Å². The number of nitrogens with two attached hydrogens (primary N) is 1. The monoisotopic (exact) mass is 246 g/mol. The first-order valence-corrected chi connectivity index (χ1v) is 6.84. The van der Waals surface area contributed by atoms with Gasteiger partial charge >= 0.3 is 0 Å². The smallest absolute Gasteiger partial charge is 0.133 e. The highest BCUT2D eigenvalue weighted by Gasteiger charge is 2.22. The predicted octanol–water partition coefficient (Wildman–Crippen LogP) is 2.90. The summed E-state index contributed by atoms with van der Waals surface area (Å²) in [6.45, 7) is 6.39. The molecule has 4 heteroatoms. The minimum absolute atomic E-state index is 0.314. The van der Waals surface area contributed by atoms with Crippen LogP contribution in [0.3, 0.4) is 0 Å². The first kappa shape index (κ1) is 12.8. The third-order valence-electron chi connectivity index (χ3n) is 3.84. The van der Waals surface area contributed by atoms with Gasteiger partial charge in [-0.25, -0.2) is 0 Å². The summed E-state index contributed by atoms with van der Waals surface area (Å²) < 4.78 is 2.11. The second kappa shape index (κ2) is 5.34. The average Bonchev–Trinajstić information content (AvgIpc) is 2.75. The highest BCUT2D eigenvalue weighted by molar-refractivity contribution is 5.68. The van der Waals surface area contributed by atoms with Crippen LogP contribution in [0.15, 0.2) is 6.07 Å². The Balaban J connectivity index is 2.44. The van der Waals surface area contributed by atoms with Crippen LogP contribution < -0.4 is 10.6 Å². The van der Waals surface area contributed by atoms with E-state index in [4.69, 9.17) is 5.73 Å². The maximum absolute atomic E-state index is 9.25. The normalized spacial score (nSPS) is 17.5. The van der Waals surface area contributed by atoms with Crippen LogP contribution in [0.25, 0.3) is 0 Å². The van der Waals surface area contributed by atoms with E-state index in [9.17, 15) is 5.26 Å². The highest BCUT2D eigenvalue weighted by Crippen LogP contribution is 2.33. The van der Waals surface area contributed by atoms with Gasteiger partial charge in [-0.2, -0.15) is 5.26 Å². The Kier molecular flexibility index (Phi) is 3.81. The van der Waals surface area contributed by atoms with Crippen molar-refractivity contribution in [3.63, 3.8) is 0 Å². The van der Waals surface area contributed by atoms with Gasteiger partial charge in [-0.3, -0.25) is 0 Å². The number of rotatable bonds is 3. The van der Waals surface area contributed by atoms with E-state index in [1.807, 2.05) is 6.07 Å². The summed E-state index contributed by atoms with van der Waals surface area (Å²) in [5, 5.41) is 9.25. The van der Waals surface area contributed by atoms with E-state index in [-0.39, 0.29) is 0 Å². The summed E-state index contributed by atoms with van der Waals surface area (Å²) in [4.78, 5) is 2.34. The van der Waals surface area contributed by atoms with E-state index in [2.05, 4.69) is 29.4 Å². The predicted molar refractivity (Wildman–Crippen MR) is 74.6 cm³/mol. The van der Waals surface area contributed by atoms with Gasteiger partial charge in [0.15, 0.2) is 0 Å². The fourth-order valence-corrected chi connectivity index (χ4v) is 2.69. The quantitative estimate of drug-likeness (QED) is 0.892. The van der Waals surface area contributed by atoms with Gasteiger partial charge in [0.05, 0.1) is 5.69 Å². The minimum atomic E-state index is 0.314. The Morgan fingerprint density at radius 1 is 1.39 bits per heavy atom. The molecular formula is C14H22N4.